The summed E-state index contributed by atoms with van der Waals surface area (Å²) in [5.74, 6) is -0.0464. The van der Waals surface area contributed by atoms with E-state index in [0.717, 1.165) is 36.9 Å². The maximum atomic E-state index is 12.7. The van der Waals surface area contributed by atoms with Gasteiger partial charge in [-0.25, -0.2) is 4.68 Å². The van der Waals surface area contributed by atoms with Crippen LogP contribution in [0.1, 0.15) is 28.8 Å². The predicted octanol–water partition coefficient (Wildman–Crippen LogP) is 3.03. The monoisotopic (exact) mass is 454 g/mol. The van der Waals surface area contributed by atoms with Crippen molar-refractivity contribution in [2.45, 2.75) is 25.4 Å². The average molecular weight is 455 g/mol. The molecule has 7 heteroatoms. The lowest BCUT2D eigenvalue weighted by atomic mass is 10.0. The molecule has 0 saturated carbocycles. The number of benzene rings is 2. The van der Waals surface area contributed by atoms with Crippen LogP contribution < -0.4 is 10.9 Å². The minimum absolute atomic E-state index is 0.0464. The maximum Gasteiger partial charge on any atom is 0.275 e. The number of likely N-dealkylation sites (tertiary alicyclic amines) is 1. The molecular weight excluding hydrogens is 432 g/mol. The van der Waals surface area contributed by atoms with Gasteiger partial charge in [0.1, 0.15) is 4.60 Å². The molecular formula is C22H23BrN4O2. The largest absolute Gasteiger partial charge is 0.349 e. The normalized spacial score (nSPS) is 15.5. The molecule has 0 bridgehead atoms. The molecule has 2 aromatic carbocycles. The van der Waals surface area contributed by atoms with Crippen LogP contribution in [0, 0.1) is 0 Å². The third kappa shape index (κ3) is 4.41. The summed E-state index contributed by atoms with van der Waals surface area (Å²) in [6, 6.07) is 15.0. The molecule has 3 aromatic rings. The summed E-state index contributed by atoms with van der Waals surface area (Å²) in [7, 11) is 2.10. The molecule has 1 amide bonds. The zero-order valence-electron chi connectivity index (χ0n) is 16.3. The fourth-order valence-corrected chi connectivity index (χ4v) is 4.19. The number of aromatic nitrogens is 2. The number of carbonyl (C=O) groups excluding carboxylic acids is 1. The van der Waals surface area contributed by atoms with Crippen molar-refractivity contribution in [3.05, 3.63) is 74.6 Å². The summed E-state index contributed by atoms with van der Waals surface area (Å²) >= 11 is 3.45. The van der Waals surface area contributed by atoms with Crippen LogP contribution in [0.3, 0.4) is 0 Å². The van der Waals surface area contributed by atoms with Gasteiger partial charge in [-0.05, 0) is 72.7 Å². The molecule has 0 spiro atoms. The zero-order valence-corrected chi connectivity index (χ0v) is 17.9. The van der Waals surface area contributed by atoms with E-state index in [4.69, 9.17) is 0 Å². The van der Waals surface area contributed by atoms with Gasteiger partial charge in [0.25, 0.3) is 11.5 Å². The van der Waals surface area contributed by atoms with Gasteiger partial charge in [-0.3, -0.25) is 9.59 Å². The summed E-state index contributed by atoms with van der Waals surface area (Å²) < 4.78 is 2.09. The lowest BCUT2D eigenvalue weighted by Crippen LogP contribution is -2.43. The highest BCUT2D eigenvalue weighted by Gasteiger charge is 2.19. The van der Waals surface area contributed by atoms with Crippen LogP contribution in [-0.4, -0.2) is 46.8 Å². The third-order valence-corrected chi connectivity index (χ3v) is 6.01. The zero-order chi connectivity index (χ0) is 20.4. The van der Waals surface area contributed by atoms with Gasteiger partial charge in [-0.15, -0.1) is 0 Å². The number of fused-ring (bicyclic) bond motifs is 1. The number of hydrogen-bond donors (Lipinski definition) is 1. The van der Waals surface area contributed by atoms with Crippen molar-refractivity contribution >= 4 is 32.6 Å². The first-order valence-electron chi connectivity index (χ1n) is 9.75. The molecule has 2 heterocycles. The van der Waals surface area contributed by atoms with Crippen molar-refractivity contribution < 1.29 is 4.79 Å². The minimum atomic E-state index is -0.132. The number of hydrogen-bond acceptors (Lipinski definition) is 4. The molecule has 1 fully saturated rings. The summed E-state index contributed by atoms with van der Waals surface area (Å²) in [5, 5.41) is 8.93. The van der Waals surface area contributed by atoms with Crippen molar-refractivity contribution in [2.75, 3.05) is 20.1 Å². The van der Waals surface area contributed by atoms with Gasteiger partial charge in [-0.2, -0.15) is 5.10 Å². The van der Waals surface area contributed by atoms with Gasteiger partial charge in [0.15, 0.2) is 0 Å². The molecule has 1 N–H and O–H groups in total. The van der Waals surface area contributed by atoms with Crippen molar-refractivity contribution in [2.24, 2.45) is 0 Å². The fraction of sp³-hybridized carbons (Fsp3) is 0.318. The Morgan fingerprint density at radius 1 is 1.10 bits per heavy atom. The topological polar surface area (TPSA) is 67.2 Å². The predicted molar refractivity (Wildman–Crippen MR) is 117 cm³/mol. The first-order chi connectivity index (χ1) is 14.0. The minimum Gasteiger partial charge on any atom is -0.349 e. The Labute approximate surface area is 177 Å². The standard InChI is InChI=1S/C22H23BrN4O2/c1-26-12-10-17(11-13-26)24-21(28)16-8-6-15(7-9-16)14-27-22(29)19-5-3-2-4-18(19)20(23)25-27/h2-9,17H,10-14H2,1H3,(H,24,28). The van der Waals surface area contributed by atoms with E-state index in [1.807, 2.05) is 30.3 Å². The van der Waals surface area contributed by atoms with E-state index >= 15 is 0 Å². The smallest absolute Gasteiger partial charge is 0.275 e. The summed E-state index contributed by atoms with van der Waals surface area (Å²) in [5.41, 5.74) is 1.41. The molecule has 0 aliphatic carbocycles. The number of rotatable bonds is 4. The van der Waals surface area contributed by atoms with Gasteiger partial charge in [-0.1, -0.05) is 30.3 Å². The molecule has 6 nitrogen and oxygen atoms in total. The van der Waals surface area contributed by atoms with E-state index in [2.05, 4.69) is 38.3 Å². The summed E-state index contributed by atoms with van der Waals surface area (Å²) in [4.78, 5) is 27.5. The molecule has 0 atom stereocenters. The lowest BCUT2D eigenvalue weighted by molar-refractivity contribution is 0.0917. The molecule has 1 aliphatic rings. The Bertz CT molecular complexity index is 1090. The van der Waals surface area contributed by atoms with Gasteiger partial charge >= 0.3 is 0 Å². The maximum absolute atomic E-state index is 12.7. The Balaban J connectivity index is 1.47. The number of nitrogens with zero attached hydrogens (tertiary/aromatic N) is 3. The first-order valence-corrected chi connectivity index (χ1v) is 10.5. The molecule has 1 aromatic heterocycles. The van der Waals surface area contributed by atoms with Crippen LogP contribution in [0.5, 0.6) is 0 Å². The van der Waals surface area contributed by atoms with E-state index in [1.165, 1.54) is 4.68 Å². The van der Waals surface area contributed by atoms with E-state index in [9.17, 15) is 9.59 Å². The highest BCUT2D eigenvalue weighted by molar-refractivity contribution is 9.10. The average Bonchev–Trinajstić information content (AvgIpc) is 2.74. The van der Waals surface area contributed by atoms with Crippen LogP contribution in [-0.2, 0) is 6.54 Å². The number of piperidine rings is 1. The molecule has 0 unspecified atom stereocenters. The third-order valence-electron chi connectivity index (χ3n) is 5.42. The Hall–Kier alpha value is -2.51. The van der Waals surface area contributed by atoms with E-state index < -0.39 is 0 Å². The Morgan fingerprint density at radius 2 is 1.76 bits per heavy atom. The molecule has 4 rings (SSSR count). The lowest BCUT2D eigenvalue weighted by Gasteiger charge is -2.29. The van der Waals surface area contributed by atoms with Gasteiger partial charge < -0.3 is 10.2 Å². The number of carbonyl (C=O) groups is 1. The van der Waals surface area contributed by atoms with E-state index in [-0.39, 0.29) is 17.5 Å². The van der Waals surface area contributed by atoms with Crippen molar-refractivity contribution in [3.8, 4) is 0 Å². The van der Waals surface area contributed by atoms with Gasteiger partial charge in [0, 0.05) is 17.0 Å². The molecule has 1 aliphatic heterocycles. The van der Waals surface area contributed by atoms with E-state index in [0.29, 0.717) is 22.1 Å². The fourth-order valence-electron chi connectivity index (χ4n) is 3.66. The highest BCUT2D eigenvalue weighted by Crippen LogP contribution is 2.18. The summed E-state index contributed by atoms with van der Waals surface area (Å²) in [6.45, 7) is 2.36. The molecule has 150 valence electrons. The van der Waals surface area contributed by atoms with Crippen LogP contribution in [0.15, 0.2) is 57.9 Å². The molecule has 1 saturated heterocycles. The Kier molecular flexibility index (Phi) is 5.78. The second-order valence-corrected chi connectivity index (χ2v) is 8.30. The van der Waals surface area contributed by atoms with Crippen molar-refractivity contribution in [1.82, 2.24) is 20.0 Å². The SMILES string of the molecule is CN1CCC(NC(=O)c2ccc(Cn3nc(Br)c4ccccc4c3=O)cc2)CC1. The van der Waals surface area contributed by atoms with Gasteiger partial charge in [0.05, 0.1) is 11.9 Å². The van der Waals surface area contributed by atoms with Crippen LogP contribution in [0.25, 0.3) is 10.8 Å². The first kappa shape index (κ1) is 19.8. The second-order valence-electron chi connectivity index (χ2n) is 7.55. The Morgan fingerprint density at radius 3 is 2.45 bits per heavy atom. The number of amides is 1. The summed E-state index contributed by atoms with van der Waals surface area (Å²) in [6.07, 6.45) is 1.96. The highest BCUT2D eigenvalue weighted by atomic mass is 79.9. The van der Waals surface area contributed by atoms with E-state index in [1.54, 1.807) is 18.2 Å². The second kappa shape index (κ2) is 8.47. The van der Waals surface area contributed by atoms with Crippen LogP contribution in [0.2, 0.25) is 0 Å². The van der Waals surface area contributed by atoms with Gasteiger partial charge in [0.2, 0.25) is 0 Å². The number of nitrogens with one attached hydrogen (secondary N) is 1. The van der Waals surface area contributed by atoms with Crippen molar-refractivity contribution in [3.63, 3.8) is 0 Å². The quantitative estimate of drug-likeness (QED) is 0.657. The number of halogens is 1. The molecule has 0 radical (unpaired) electrons. The van der Waals surface area contributed by atoms with Crippen LogP contribution >= 0.6 is 15.9 Å². The molecule has 29 heavy (non-hydrogen) atoms. The van der Waals surface area contributed by atoms with Crippen molar-refractivity contribution in [1.29, 1.82) is 0 Å². The van der Waals surface area contributed by atoms with Crippen LogP contribution in [0.4, 0.5) is 0 Å².